The zero-order valence-electron chi connectivity index (χ0n) is 25.7. The van der Waals surface area contributed by atoms with E-state index in [0.29, 0.717) is 66.2 Å². The Hall–Kier alpha value is -3.34. The number of hydrogen-bond donors (Lipinski definition) is 2. The molecule has 0 aromatic heterocycles. The van der Waals surface area contributed by atoms with Crippen LogP contribution in [0.4, 0.5) is 0 Å². The minimum absolute atomic E-state index is 0.0601. The fourth-order valence-electron chi connectivity index (χ4n) is 5.36. The van der Waals surface area contributed by atoms with Gasteiger partial charge in [-0.1, -0.05) is 64.8 Å². The number of nitrogens with zero attached hydrogens (tertiary/aromatic N) is 2. The molecule has 9 nitrogen and oxygen atoms in total. The molecular weight excluding hydrogens is 619 g/mol. The first-order chi connectivity index (χ1) is 21.6. The van der Waals surface area contributed by atoms with Gasteiger partial charge in [0.25, 0.3) is 0 Å². The third-order valence-corrected chi connectivity index (χ3v) is 8.82. The number of oxime groups is 1. The highest BCUT2D eigenvalue weighted by Crippen LogP contribution is 2.34. The zero-order valence-corrected chi connectivity index (χ0v) is 27.3. The first-order valence-electron chi connectivity index (χ1n) is 14.8. The molecule has 0 amide bonds. The van der Waals surface area contributed by atoms with Crippen molar-refractivity contribution < 1.29 is 34.1 Å². The van der Waals surface area contributed by atoms with Gasteiger partial charge in [0.05, 0.1) is 48.8 Å². The number of methoxy groups -OCH3 is 2. The van der Waals surface area contributed by atoms with Crippen molar-refractivity contribution in [3.05, 3.63) is 93.5 Å². The van der Waals surface area contributed by atoms with E-state index in [0.717, 1.165) is 16.7 Å². The minimum Gasteiger partial charge on any atom is -0.497 e. The summed E-state index contributed by atoms with van der Waals surface area (Å²) in [5.74, 6) is -0.187. The number of likely N-dealkylation sites (tertiary alicyclic amines) is 1. The highest BCUT2D eigenvalue weighted by atomic mass is 35.5. The maximum atomic E-state index is 11.5. The number of piperidine rings is 1. The fourth-order valence-corrected chi connectivity index (χ4v) is 5.66. The fraction of sp³-hybridized carbons (Fsp3) is 0.412. The molecule has 1 fully saturated rings. The molecule has 242 valence electrons. The van der Waals surface area contributed by atoms with Crippen molar-refractivity contribution >= 4 is 34.9 Å². The molecule has 2 atom stereocenters. The number of aliphatic carboxylic acids is 1. The quantitative estimate of drug-likeness (QED) is 0.140. The molecule has 0 spiro atoms. The lowest BCUT2D eigenvalue weighted by Crippen LogP contribution is -2.43. The molecule has 3 aromatic carbocycles. The van der Waals surface area contributed by atoms with E-state index in [1.807, 2.05) is 48.5 Å². The van der Waals surface area contributed by atoms with Crippen LogP contribution < -0.4 is 9.47 Å². The molecule has 0 saturated carbocycles. The normalized spacial score (nSPS) is 16.5. The van der Waals surface area contributed by atoms with Crippen LogP contribution in [0.5, 0.6) is 11.5 Å². The molecule has 1 saturated heterocycles. The standard InChI is InChI=1S/C34H40Cl2N2O7/c1-23(33(39)40)45-37-32(22-44-21-24-17-27(42-2)20-28(18-24)43-3)29(25-9-10-30(35)31(36)19-25)11-14-38-15-12-34(41,13-16-38)26-7-5-4-6-8-26/h4-10,17-20,23,29,41H,11-16,21-22H2,1-3H3,(H,39,40)/b37-32-. The Morgan fingerprint density at radius 2 is 1.64 bits per heavy atom. The zero-order chi connectivity index (χ0) is 32.4. The van der Waals surface area contributed by atoms with Gasteiger partial charge in [0.15, 0.2) is 0 Å². The Kier molecular flexibility index (Phi) is 12.5. The van der Waals surface area contributed by atoms with Crippen LogP contribution in [0.25, 0.3) is 0 Å². The van der Waals surface area contributed by atoms with Crippen LogP contribution in [0.1, 0.15) is 48.8 Å². The average molecular weight is 660 g/mol. The predicted octanol–water partition coefficient (Wildman–Crippen LogP) is 6.53. The van der Waals surface area contributed by atoms with Crippen LogP contribution in [-0.4, -0.2) is 73.4 Å². The molecule has 0 bridgehead atoms. The minimum atomic E-state index is -1.16. The number of carboxylic acids is 1. The van der Waals surface area contributed by atoms with Crippen molar-refractivity contribution in [2.24, 2.45) is 5.16 Å². The molecule has 11 heteroatoms. The van der Waals surface area contributed by atoms with Gasteiger partial charge in [-0.05, 0) is 73.7 Å². The van der Waals surface area contributed by atoms with Gasteiger partial charge in [0, 0.05) is 25.1 Å². The maximum Gasteiger partial charge on any atom is 0.347 e. The van der Waals surface area contributed by atoms with Crippen molar-refractivity contribution in [3.8, 4) is 11.5 Å². The van der Waals surface area contributed by atoms with Gasteiger partial charge < -0.3 is 34.2 Å². The van der Waals surface area contributed by atoms with Crippen LogP contribution in [0.2, 0.25) is 10.0 Å². The highest BCUT2D eigenvalue weighted by Gasteiger charge is 2.34. The van der Waals surface area contributed by atoms with Crippen molar-refractivity contribution in [1.29, 1.82) is 0 Å². The largest absolute Gasteiger partial charge is 0.497 e. The van der Waals surface area contributed by atoms with Crippen molar-refractivity contribution in [2.45, 2.75) is 50.4 Å². The first kappa shape index (κ1) is 34.5. The molecule has 1 aliphatic heterocycles. The SMILES string of the molecule is COc1cc(COC/C(=N/OC(C)C(=O)O)C(CCN2CCC(O)(c3ccccc3)CC2)c2ccc(Cl)c(Cl)c2)cc(OC)c1. The van der Waals surface area contributed by atoms with Crippen molar-refractivity contribution in [1.82, 2.24) is 4.90 Å². The molecule has 0 aliphatic carbocycles. The van der Waals surface area contributed by atoms with Crippen molar-refractivity contribution in [2.75, 3.05) is 40.5 Å². The van der Waals surface area contributed by atoms with Gasteiger partial charge in [-0.2, -0.15) is 0 Å². The van der Waals surface area contributed by atoms with E-state index in [1.165, 1.54) is 6.92 Å². The van der Waals surface area contributed by atoms with E-state index in [1.54, 1.807) is 32.4 Å². The lowest BCUT2D eigenvalue weighted by molar-refractivity contribution is -0.149. The Balaban J connectivity index is 1.54. The number of aliphatic hydroxyl groups is 1. The smallest absolute Gasteiger partial charge is 0.347 e. The second-order valence-electron chi connectivity index (χ2n) is 11.1. The molecule has 1 aliphatic rings. The second-order valence-corrected chi connectivity index (χ2v) is 12.0. The van der Waals surface area contributed by atoms with Crippen molar-refractivity contribution in [3.63, 3.8) is 0 Å². The van der Waals surface area contributed by atoms with Crippen LogP contribution >= 0.6 is 23.2 Å². The number of benzene rings is 3. The summed E-state index contributed by atoms with van der Waals surface area (Å²) in [5.41, 5.74) is 2.26. The van der Waals surface area contributed by atoms with Gasteiger partial charge in [-0.25, -0.2) is 4.79 Å². The summed E-state index contributed by atoms with van der Waals surface area (Å²) in [5, 5.41) is 25.9. The molecule has 2 unspecified atom stereocenters. The molecule has 2 N–H and O–H groups in total. The molecule has 0 radical (unpaired) electrons. The van der Waals surface area contributed by atoms with E-state index < -0.39 is 17.7 Å². The summed E-state index contributed by atoms with van der Waals surface area (Å²) in [6.07, 6.45) is 0.681. The summed E-state index contributed by atoms with van der Waals surface area (Å²) in [6, 6.07) is 20.7. The Morgan fingerprint density at radius 3 is 2.24 bits per heavy atom. The van der Waals surface area contributed by atoms with E-state index in [2.05, 4.69) is 10.1 Å². The molecule has 45 heavy (non-hydrogen) atoms. The highest BCUT2D eigenvalue weighted by molar-refractivity contribution is 6.42. The predicted molar refractivity (Wildman–Crippen MR) is 175 cm³/mol. The van der Waals surface area contributed by atoms with Crippen LogP contribution in [-0.2, 0) is 26.6 Å². The molecular formula is C34H40Cl2N2O7. The summed E-state index contributed by atoms with van der Waals surface area (Å²) in [4.78, 5) is 19.3. The van der Waals surface area contributed by atoms with E-state index in [4.69, 9.17) is 42.3 Å². The van der Waals surface area contributed by atoms with Gasteiger partial charge in [-0.3, -0.25) is 0 Å². The summed E-state index contributed by atoms with van der Waals surface area (Å²) in [6.45, 7) is 3.82. The lowest BCUT2D eigenvalue weighted by atomic mass is 9.84. The summed E-state index contributed by atoms with van der Waals surface area (Å²) < 4.78 is 16.9. The number of halogens is 2. The lowest BCUT2D eigenvalue weighted by Gasteiger charge is -2.39. The number of carbonyl (C=O) groups is 1. The summed E-state index contributed by atoms with van der Waals surface area (Å²) in [7, 11) is 3.16. The van der Waals surface area contributed by atoms with E-state index >= 15 is 0 Å². The molecule has 3 aromatic rings. The summed E-state index contributed by atoms with van der Waals surface area (Å²) >= 11 is 12.7. The van der Waals surface area contributed by atoms with Gasteiger partial charge in [0.1, 0.15) is 11.5 Å². The Bertz CT molecular complexity index is 1420. The van der Waals surface area contributed by atoms with Crippen LogP contribution in [0.15, 0.2) is 71.9 Å². The monoisotopic (exact) mass is 658 g/mol. The average Bonchev–Trinajstić information content (AvgIpc) is 3.05. The maximum absolute atomic E-state index is 11.5. The number of hydrogen-bond acceptors (Lipinski definition) is 8. The van der Waals surface area contributed by atoms with Gasteiger partial charge >= 0.3 is 5.97 Å². The van der Waals surface area contributed by atoms with E-state index in [9.17, 15) is 15.0 Å². The van der Waals surface area contributed by atoms with Gasteiger partial charge in [0.2, 0.25) is 6.10 Å². The van der Waals surface area contributed by atoms with E-state index in [-0.39, 0.29) is 19.1 Å². The molecule has 1 heterocycles. The van der Waals surface area contributed by atoms with Gasteiger partial charge in [-0.15, -0.1) is 0 Å². The third kappa shape index (κ3) is 9.58. The number of carboxylic acid groups (broad SMARTS) is 1. The number of rotatable bonds is 15. The molecule has 4 rings (SSSR count). The van der Waals surface area contributed by atoms with Crippen LogP contribution in [0.3, 0.4) is 0 Å². The number of ether oxygens (including phenoxy) is 3. The Morgan fingerprint density at radius 1 is 0.978 bits per heavy atom. The Labute approximate surface area is 274 Å². The third-order valence-electron chi connectivity index (χ3n) is 8.08. The van der Waals surface area contributed by atoms with Crippen LogP contribution in [0, 0.1) is 0 Å². The second kappa shape index (κ2) is 16.3. The first-order valence-corrected chi connectivity index (χ1v) is 15.6. The topological polar surface area (TPSA) is 110 Å².